The molecule has 0 saturated carbocycles. The van der Waals surface area contributed by atoms with Gasteiger partial charge in [0.05, 0.1) is 11.9 Å². The number of anilines is 2. The molecule has 0 aliphatic heterocycles. The summed E-state index contributed by atoms with van der Waals surface area (Å²) in [5.41, 5.74) is 2.95. The average Bonchev–Trinajstić information content (AvgIpc) is 2.63. The molecule has 5 nitrogen and oxygen atoms in total. The highest BCUT2D eigenvalue weighted by molar-refractivity contribution is 7.92. The molecule has 0 aromatic heterocycles. The fourth-order valence-electron chi connectivity index (χ4n) is 2.98. The number of benzene rings is 2. The van der Waals surface area contributed by atoms with Gasteiger partial charge in [-0.25, -0.2) is 8.42 Å². The molecule has 2 aromatic rings. The second kappa shape index (κ2) is 9.43. The Bertz CT molecular complexity index is 927. The first-order valence-corrected chi connectivity index (χ1v) is 11.5. The van der Waals surface area contributed by atoms with Gasteiger partial charge >= 0.3 is 0 Å². The lowest BCUT2D eigenvalue weighted by atomic mass is 10.1. The summed E-state index contributed by atoms with van der Waals surface area (Å²) in [6.45, 7) is 5.49. The summed E-state index contributed by atoms with van der Waals surface area (Å²) >= 11 is 6.05. The number of unbranched alkanes of at least 4 members (excludes halogenated alkanes) is 1. The Morgan fingerprint density at radius 2 is 1.82 bits per heavy atom. The van der Waals surface area contributed by atoms with Gasteiger partial charge in [-0.15, -0.1) is 0 Å². The molecule has 0 spiro atoms. The van der Waals surface area contributed by atoms with Crippen molar-refractivity contribution in [2.24, 2.45) is 0 Å². The third-order valence-electron chi connectivity index (χ3n) is 4.54. The maximum atomic E-state index is 12.8. The minimum absolute atomic E-state index is 0.396. The summed E-state index contributed by atoms with van der Waals surface area (Å²) in [6, 6.07) is 11.7. The van der Waals surface area contributed by atoms with Crippen molar-refractivity contribution in [1.82, 2.24) is 0 Å². The number of aryl methyl sites for hydroxylation is 2. The van der Waals surface area contributed by atoms with Crippen LogP contribution < -0.4 is 9.62 Å². The highest BCUT2D eigenvalue weighted by Gasteiger charge is 2.30. The van der Waals surface area contributed by atoms with Gasteiger partial charge < -0.3 is 5.32 Å². The summed E-state index contributed by atoms with van der Waals surface area (Å²) in [6.07, 6.45) is 4.32. The Morgan fingerprint density at radius 3 is 2.39 bits per heavy atom. The molecule has 0 fully saturated rings. The van der Waals surface area contributed by atoms with Crippen LogP contribution in [0.25, 0.3) is 0 Å². The van der Waals surface area contributed by atoms with E-state index in [0.717, 1.165) is 35.4 Å². The molecule has 0 unspecified atom stereocenters. The molecule has 152 valence electrons. The molecule has 2 rings (SSSR count). The number of sulfonamides is 1. The summed E-state index contributed by atoms with van der Waals surface area (Å²) in [7, 11) is -3.70. The number of carbonyl (C=O) groups excluding carboxylic acids is 1. The number of nitrogens with zero attached hydrogens (tertiary/aromatic N) is 1. The second-order valence-electron chi connectivity index (χ2n) is 6.96. The van der Waals surface area contributed by atoms with Crippen molar-refractivity contribution in [3.8, 4) is 0 Å². The van der Waals surface area contributed by atoms with Crippen molar-refractivity contribution in [2.75, 3.05) is 15.9 Å². The Morgan fingerprint density at radius 1 is 1.18 bits per heavy atom. The molecule has 7 heteroatoms. The SMILES string of the molecule is CCCCc1ccc(NC(=O)[C@@H](C)N(c2cc(Cl)ccc2C)S(C)(=O)=O)cc1. The van der Waals surface area contributed by atoms with Gasteiger partial charge in [0.15, 0.2) is 0 Å². The Labute approximate surface area is 172 Å². The third-order valence-corrected chi connectivity index (χ3v) is 6.00. The van der Waals surface area contributed by atoms with E-state index in [1.807, 2.05) is 24.3 Å². The van der Waals surface area contributed by atoms with Gasteiger partial charge in [0.1, 0.15) is 6.04 Å². The van der Waals surface area contributed by atoms with E-state index in [2.05, 4.69) is 12.2 Å². The molecule has 28 heavy (non-hydrogen) atoms. The maximum Gasteiger partial charge on any atom is 0.247 e. The number of amides is 1. The predicted molar refractivity (Wildman–Crippen MR) is 117 cm³/mol. The van der Waals surface area contributed by atoms with Crippen molar-refractivity contribution in [3.63, 3.8) is 0 Å². The first-order valence-electron chi connectivity index (χ1n) is 9.29. The van der Waals surface area contributed by atoms with Crippen molar-refractivity contribution in [1.29, 1.82) is 0 Å². The van der Waals surface area contributed by atoms with Crippen molar-refractivity contribution < 1.29 is 13.2 Å². The summed E-state index contributed by atoms with van der Waals surface area (Å²) in [4.78, 5) is 12.8. The summed E-state index contributed by atoms with van der Waals surface area (Å²) in [5, 5.41) is 3.21. The van der Waals surface area contributed by atoms with E-state index in [0.29, 0.717) is 16.4 Å². The molecule has 0 saturated heterocycles. The highest BCUT2D eigenvalue weighted by atomic mass is 35.5. The largest absolute Gasteiger partial charge is 0.324 e. The molecule has 1 amide bonds. The highest BCUT2D eigenvalue weighted by Crippen LogP contribution is 2.28. The fourth-order valence-corrected chi connectivity index (χ4v) is 4.37. The third kappa shape index (κ3) is 5.72. The Kier molecular flexibility index (Phi) is 7.49. The van der Waals surface area contributed by atoms with Crippen LogP contribution in [-0.4, -0.2) is 26.6 Å². The average molecular weight is 423 g/mol. The monoisotopic (exact) mass is 422 g/mol. The number of rotatable bonds is 8. The number of nitrogens with one attached hydrogen (secondary N) is 1. The zero-order valence-corrected chi connectivity index (χ0v) is 18.3. The molecular weight excluding hydrogens is 396 g/mol. The maximum absolute atomic E-state index is 12.8. The molecule has 1 atom stereocenters. The first kappa shape index (κ1) is 22.2. The Balaban J connectivity index is 2.23. The number of halogens is 1. The van der Waals surface area contributed by atoms with Gasteiger partial charge in [-0.05, 0) is 62.1 Å². The standard InChI is InChI=1S/C21H27ClN2O3S/c1-5-6-7-17-9-12-19(13-10-17)23-21(25)16(3)24(28(4,26)27)20-14-18(22)11-8-15(20)2/h8-14,16H,5-7H2,1-4H3,(H,23,25)/t16-/m1/s1. The molecule has 2 aromatic carbocycles. The lowest BCUT2D eigenvalue weighted by Gasteiger charge is -2.29. The van der Waals surface area contributed by atoms with Crippen LogP contribution in [-0.2, 0) is 21.2 Å². The summed E-state index contributed by atoms with van der Waals surface area (Å²) < 4.78 is 26.0. The van der Waals surface area contributed by atoms with Crippen molar-refractivity contribution >= 4 is 38.9 Å². The van der Waals surface area contributed by atoms with Crippen LogP contribution in [0.15, 0.2) is 42.5 Å². The molecule has 0 aliphatic carbocycles. The Hall–Kier alpha value is -2.05. The van der Waals surface area contributed by atoms with E-state index in [-0.39, 0.29) is 0 Å². The van der Waals surface area contributed by atoms with Crippen LogP contribution in [0.3, 0.4) is 0 Å². The van der Waals surface area contributed by atoms with Gasteiger partial charge in [-0.2, -0.15) is 0 Å². The molecule has 1 N–H and O–H groups in total. The van der Waals surface area contributed by atoms with E-state index in [1.54, 1.807) is 32.0 Å². The minimum Gasteiger partial charge on any atom is -0.324 e. The van der Waals surface area contributed by atoms with Crippen LogP contribution in [0.2, 0.25) is 5.02 Å². The first-order chi connectivity index (χ1) is 13.1. The zero-order chi connectivity index (χ0) is 20.9. The number of hydrogen-bond donors (Lipinski definition) is 1. The second-order valence-corrected chi connectivity index (χ2v) is 9.25. The molecular formula is C21H27ClN2O3S. The van der Waals surface area contributed by atoms with Gasteiger partial charge in [-0.3, -0.25) is 9.10 Å². The van der Waals surface area contributed by atoms with E-state index in [4.69, 9.17) is 11.6 Å². The van der Waals surface area contributed by atoms with Crippen molar-refractivity contribution in [2.45, 2.75) is 46.1 Å². The lowest BCUT2D eigenvalue weighted by Crippen LogP contribution is -2.45. The van der Waals surface area contributed by atoms with Gasteiger partial charge in [0.2, 0.25) is 15.9 Å². The zero-order valence-electron chi connectivity index (χ0n) is 16.7. The van der Waals surface area contributed by atoms with E-state index in [1.165, 1.54) is 5.56 Å². The molecule has 0 heterocycles. The minimum atomic E-state index is -3.70. The molecule has 0 radical (unpaired) electrons. The predicted octanol–water partition coefficient (Wildman–Crippen LogP) is 4.78. The smallest absolute Gasteiger partial charge is 0.247 e. The van der Waals surface area contributed by atoms with Gasteiger partial charge in [0.25, 0.3) is 0 Å². The molecule has 0 bridgehead atoms. The van der Waals surface area contributed by atoms with Gasteiger partial charge in [0, 0.05) is 10.7 Å². The van der Waals surface area contributed by atoms with E-state index in [9.17, 15) is 13.2 Å². The lowest BCUT2D eigenvalue weighted by molar-refractivity contribution is -0.116. The quantitative estimate of drug-likeness (QED) is 0.665. The van der Waals surface area contributed by atoms with E-state index < -0.39 is 22.0 Å². The van der Waals surface area contributed by atoms with Crippen LogP contribution in [0.1, 0.15) is 37.8 Å². The van der Waals surface area contributed by atoms with E-state index >= 15 is 0 Å². The number of carbonyl (C=O) groups is 1. The normalized spacial score (nSPS) is 12.5. The topological polar surface area (TPSA) is 66.5 Å². The fraction of sp³-hybridized carbons (Fsp3) is 0.381. The van der Waals surface area contributed by atoms with Crippen LogP contribution in [0.4, 0.5) is 11.4 Å². The van der Waals surface area contributed by atoms with Crippen LogP contribution >= 0.6 is 11.6 Å². The van der Waals surface area contributed by atoms with Crippen LogP contribution in [0, 0.1) is 6.92 Å². The van der Waals surface area contributed by atoms with Crippen molar-refractivity contribution in [3.05, 3.63) is 58.6 Å². The number of hydrogen-bond acceptors (Lipinski definition) is 3. The summed E-state index contributed by atoms with van der Waals surface area (Å²) in [5.74, 6) is -0.411. The molecule has 0 aliphatic rings. The van der Waals surface area contributed by atoms with Crippen LogP contribution in [0.5, 0.6) is 0 Å². The van der Waals surface area contributed by atoms with Gasteiger partial charge in [-0.1, -0.05) is 43.1 Å².